The fraction of sp³-hybridized carbons (Fsp3) is 0.333. The van der Waals surface area contributed by atoms with E-state index in [-0.39, 0.29) is 35.1 Å². The van der Waals surface area contributed by atoms with Gasteiger partial charge in [0.2, 0.25) is 0 Å². The molecule has 2 N–H and O–H groups in total. The third kappa shape index (κ3) is 5.28. The standard InChI is InChI=1S/C36H36FN3O4/c1-20-27(12-14-33(41)25-6-5-15-44-19-25)22(3)39-32(20)17-29-28-16-24(9-13-31(28)40-35(29)43)34(42)30-18-36(30,38-4)21(2)23-7-10-26(37)11-8-23/h6-11,13,16-17,21,30,39H,4-5,12,14-15,18-19H2,1-3H3,(H,40,43)/b29-17-/t21-,30?,36?/m1/s1. The quantitative estimate of drug-likeness (QED) is 0.158. The predicted molar refractivity (Wildman–Crippen MR) is 170 cm³/mol. The van der Waals surface area contributed by atoms with Crippen molar-refractivity contribution in [3.05, 3.63) is 99.1 Å². The molecule has 1 amide bonds. The largest absolute Gasteiger partial charge is 0.376 e. The summed E-state index contributed by atoms with van der Waals surface area (Å²) in [6.45, 7) is 10.8. The summed E-state index contributed by atoms with van der Waals surface area (Å²) in [6, 6.07) is 11.6. The van der Waals surface area contributed by atoms with Gasteiger partial charge in [-0.25, -0.2) is 4.39 Å². The summed E-state index contributed by atoms with van der Waals surface area (Å²) < 4.78 is 18.9. The van der Waals surface area contributed by atoms with E-state index in [1.807, 2.05) is 32.9 Å². The first-order valence-electron chi connectivity index (χ1n) is 15.1. The number of Topliss-reactive ketones (excluding diaryl/α,β-unsaturated/α-hetero) is 2. The van der Waals surface area contributed by atoms with Crippen LogP contribution < -0.4 is 5.32 Å². The maximum absolute atomic E-state index is 13.7. The summed E-state index contributed by atoms with van der Waals surface area (Å²) in [4.78, 5) is 47.3. The molecular weight excluding hydrogens is 557 g/mol. The minimum Gasteiger partial charge on any atom is -0.376 e. The van der Waals surface area contributed by atoms with Crippen LogP contribution in [0.1, 0.15) is 76.1 Å². The topological polar surface area (TPSA) is 101 Å². The van der Waals surface area contributed by atoms with Crippen molar-refractivity contribution >= 4 is 41.5 Å². The number of H-pyrrole nitrogens is 1. The molecular formula is C36H36FN3O4. The summed E-state index contributed by atoms with van der Waals surface area (Å²) in [6.07, 6.45) is 6.09. The number of fused-ring (bicyclic) bond motifs is 1. The second kappa shape index (κ2) is 11.6. The summed E-state index contributed by atoms with van der Waals surface area (Å²) in [5, 5.41) is 2.91. The van der Waals surface area contributed by atoms with Crippen LogP contribution in [0.4, 0.5) is 10.1 Å². The van der Waals surface area contributed by atoms with E-state index in [1.165, 1.54) is 12.1 Å². The number of amides is 1. The number of halogens is 1. The number of ketones is 2. The third-order valence-electron chi connectivity index (χ3n) is 9.58. The van der Waals surface area contributed by atoms with Crippen LogP contribution in [-0.4, -0.2) is 47.9 Å². The Labute approximate surface area is 256 Å². The summed E-state index contributed by atoms with van der Waals surface area (Å²) in [5.41, 5.74) is 7.08. The van der Waals surface area contributed by atoms with Crippen molar-refractivity contribution in [3.8, 4) is 0 Å². The van der Waals surface area contributed by atoms with Crippen LogP contribution in [0, 0.1) is 25.6 Å². The van der Waals surface area contributed by atoms with Gasteiger partial charge in [-0.3, -0.25) is 19.4 Å². The van der Waals surface area contributed by atoms with E-state index in [2.05, 4.69) is 22.0 Å². The minimum absolute atomic E-state index is 0.0507. The number of aliphatic imine (C=N–C) groups is 1. The maximum atomic E-state index is 13.7. The second-order valence-corrected chi connectivity index (χ2v) is 12.1. The van der Waals surface area contributed by atoms with Crippen LogP contribution in [0.15, 0.2) is 59.1 Å². The Morgan fingerprint density at radius 1 is 1.20 bits per heavy atom. The van der Waals surface area contributed by atoms with Gasteiger partial charge in [0.25, 0.3) is 5.91 Å². The molecule has 6 rings (SSSR count). The Bertz CT molecular complexity index is 1750. The molecule has 226 valence electrons. The Morgan fingerprint density at radius 2 is 1.98 bits per heavy atom. The van der Waals surface area contributed by atoms with Gasteiger partial charge < -0.3 is 15.0 Å². The number of aromatic nitrogens is 1. The van der Waals surface area contributed by atoms with Crippen molar-refractivity contribution in [1.29, 1.82) is 0 Å². The number of benzene rings is 2. The number of aryl methyl sites for hydroxylation is 1. The van der Waals surface area contributed by atoms with E-state index in [0.29, 0.717) is 54.9 Å². The van der Waals surface area contributed by atoms with Crippen molar-refractivity contribution < 1.29 is 23.5 Å². The third-order valence-corrected chi connectivity index (χ3v) is 9.58. The Balaban J connectivity index is 1.23. The van der Waals surface area contributed by atoms with Crippen LogP contribution in [0.2, 0.25) is 0 Å². The molecule has 44 heavy (non-hydrogen) atoms. The van der Waals surface area contributed by atoms with Gasteiger partial charge in [0, 0.05) is 46.1 Å². The van der Waals surface area contributed by atoms with E-state index >= 15 is 0 Å². The lowest BCUT2D eigenvalue weighted by Gasteiger charge is -2.21. The number of hydrogen-bond acceptors (Lipinski definition) is 5. The van der Waals surface area contributed by atoms with Gasteiger partial charge in [0.1, 0.15) is 5.82 Å². The van der Waals surface area contributed by atoms with E-state index < -0.39 is 5.54 Å². The van der Waals surface area contributed by atoms with Crippen molar-refractivity contribution in [2.24, 2.45) is 10.9 Å². The van der Waals surface area contributed by atoms with Gasteiger partial charge in [-0.05, 0) is 92.9 Å². The molecule has 2 aromatic carbocycles. The van der Waals surface area contributed by atoms with Crippen LogP contribution >= 0.6 is 0 Å². The average Bonchev–Trinajstić information content (AvgIpc) is 3.62. The molecule has 1 aliphatic carbocycles. The fourth-order valence-electron chi connectivity index (χ4n) is 6.73. The van der Waals surface area contributed by atoms with Gasteiger partial charge >= 0.3 is 0 Å². The molecule has 3 heterocycles. The van der Waals surface area contributed by atoms with Crippen LogP contribution in [0.3, 0.4) is 0 Å². The van der Waals surface area contributed by atoms with Crippen molar-refractivity contribution in [2.45, 2.75) is 57.9 Å². The summed E-state index contributed by atoms with van der Waals surface area (Å²) in [5.74, 6) is -0.969. The van der Waals surface area contributed by atoms with E-state index in [0.717, 1.165) is 40.1 Å². The van der Waals surface area contributed by atoms with Crippen LogP contribution in [-0.2, 0) is 20.7 Å². The predicted octanol–water partition coefficient (Wildman–Crippen LogP) is 6.56. The van der Waals surface area contributed by atoms with Crippen molar-refractivity contribution in [2.75, 3.05) is 18.5 Å². The molecule has 3 aromatic rings. The molecule has 0 bridgehead atoms. The number of carbonyl (C=O) groups excluding carboxylic acids is 3. The first kappa shape index (κ1) is 29.6. The Hall–Kier alpha value is -4.43. The summed E-state index contributed by atoms with van der Waals surface area (Å²) >= 11 is 0. The minimum atomic E-state index is -0.655. The highest BCUT2D eigenvalue weighted by molar-refractivity contribution is 6.35. The Morgan fingerprint density at radius 3 is 2.68 bits per heavy atom. The first-order valence-corrected chi connectivity index (χ1v) is 15.1. The molecule has 1 fully saturated rings. The van der Waals surface area contributed by atoms with Gasteiger partial charge in [0.05, 0.1) is 30.2 Å². The molecule has 7 nitrogen and oxygen atoms in total. The highest BCUT2D eigenvalue weighted by Crippen LogP contribution is 2.57. The van der Waals surface area contributed by atoms with E-state index in [9.17, 15) is 18.8 Å². The Kier molecular flexibility index (Phi) is 7.80. The highest BCUT2D eigenvalue weighted by Gasteiger charge is 2.61. The molecule has 1 saturated carbocycles. The molecule has 1 aromatic heterocycles. The fourth-order valence-corrected chi connectivity index (χ4v) is 6.73. The number of nitrogens with one attached hydrogen (secondary N) is 2. The SMILES string of the molecule is C=NC1([C@H](C)c2ccc(F)cc2)CC1C(=O)c1ccc2c(c1)/C(=C/c1[nH]c(C)c(CCC(=O)C3=CCCOC3)c1C)C(=O)N2. The van der Waals surface area contributed by atoms with Gasteiger partial charge in [-0.1, -0.05) is 25.1 Å². The zero-order chi connectivity index (χ0) is 31.2. The number of hydrogen-bond donors (Lipinski definition) is 2. The monoisotopic (exact) mass is 593 g/mol. The number of ether oxygens (including phenoxy) is 1. The van der Waals surface area contributed by atoms with Gasteiger partial charge in [0.15, 0.2) is 11.6 Å². The second-order valence-electron chi connectivity index (χ2n) is 12.1. The zero-order valence-electron chi connectivity index (χ0n) is 25.3. The highest BCUT2D eigenvalue weighted by atomic mass is 19.1. The molecule has 0 saturated heterocycles. The summed E-state index contributed by atoms with van der Waals surface area (Å²) in [7, 11) is 0. The van der Waals surface area contributed by atoms with Gasteiger partial charge in [-0.15, -0.1) is 0 Å². The number of anilines is 1. The molecule has 8 heteroatoms. The molecule has 3 atom stereocenters. The first-order chi connectivity index (χ1) is 21.1. The lowest BCUT2D eigenvalue weighted by Crippen LogP contribution is -2.22. The van der Waals surface area contributed by atoms with E-state index in [4.69, 9.17) is 4.74 Å². The molecule has 2 unspecified atom stereocenters. The maximum Gasteiger partial charge on any atom is 0.256 e. The lowest BCUT2D eigenvalue weighted by molar-refractivity contribution is -0.116. The molecule has 2 aliphatic heterocycles. The number of carbonyl (C=O) groups is 3. The van der Waals surface area contributed by atoms with E-state index in [1.54, 1.807) is 30.3 Å². The van der Waals surface area contributed by atoms with Crippen molar-refractivity contribution in [1.82, 2.24) is 4.98 Å². The number of rotatable bonds is 10. The van der Waals surface area contributed by atoms with Crippen LogP contribution in [0.25, 0.3) is 11.6 Å². The van der Waals surface area contributed by atoms with Crippen LogP contribution in [0.5, 0.6) is 0 Å². The normalized spacial score (nSPS) is 22.3. The molecule has 3 aliphatic rings. The lowest BCUT2D eigenvalue weighted by atomic mass is 9.88. The molecule has 0 spiro atoms. The average molecular weight is 594 g/mol. The smallest absolute Gasteiger partial charge is 0.256 e. The van der Waals surface area contributed by atoms with Gasteiger partial charge in [-0.2, -0.15) is 0 Å². The van der Waals surface area contributed by atoms with Crippen molar-refractivity contribution in [3.63, 3.8) is 0 Å². The molecule has 0 radical (unpaired) electrons. The zero-order valence-corrected chi connectivity index (χ0v) is 25.3. The number of aromatic amines is 1. The number of nitrogens with zero attached hydrogens (tertiary/aromatic N) is 1.